The Bertz CT molecular complexity index is 598. The number of hydrogen-bond acceptors (Lipinski definition) is 5. The van der Waals surface area contributed by atoms with Crippen LogP contribution in [0.4, 0.5) is 0 Å². The molecule has 0 unspecified atom stereocenters. The van der Waals surface area contributed by atoms with Crippen molar-refractivity contribution in [2.45, 2.75) is 29.8 Å². The topological polar surface area (TPSA) is 90.2 Å². The molecule has 0 heterocycles. The second kappa shape index (κ2) is 5.92. The van der Waals surface area contributed by atoms with Crippen LogP contribution in [0.3, 0.4) is 0 Å². The number of nitrogens with one attached hydrogen (secondary N) is 1. The first-order valence-electron chi connectivity index (χ1n) is 6.61. The van der Waals surface area contributed by atoms with Gasteiger partial charge in [0.1, 0.15) is 0 Å². The van der Waals surface area contributed by atoms with Gasteiger partial charge in [0.05, 0.1) is 27.9 Å². The lowest BCUT2D eigenvalue weighted by molar-refractivity contribution is -0.0307. The van der Waals surface area contributed by atoms with Gasteiger partial charge in [-0.3, -0.25) is 0 Å². The molecule has 2 N–H and O–H groups in total. The number of benzene rings is 1. The van der Waals surface area contributed by atoms with Gasteiger partial charge in [-0.15, -0.1) is 0 Å². The molecule has 0 saturated heterocycles. The molecule has 108 valence electrons. The van der Waals surface area contributed by atoms with Gasteiger partial charge in [0, 0.05) is 13.1 Å². The first-order chi connectivity index (χ1) is 9.45. The lowest BCUT2D eigenvalue weighted by Crippen LogP contribution is -2.47. The Labute approximate surface area is 119 Å². The van der Waals surface area contributed by atoms with Crippen LogP contribution in [0, 0.1) is 11.3 Å². The van der Waals surface area contributed by atoms with E-state index in [-0.39, 0.29) is 10.6 Å². The normalized spacial score (nSPS) is 17.2. The van der Waals surface area contributed by atoms with Gasteiger partial charge in [0.25, 0.3) is 0 Å². The molecule has 1 aromatic rings. The third-order valence-corrected chi connectivity index (χ3v) is 5.36. The van der Waals surface area contributed by atoms with Crippen molar-refractivity contribution in [1.82, 2.24) is 5.32 Å². The smallest absolute Gasteiger partial charge is 0.179 e. The van der Waals surface area contributed by atoms with Crippen LogP contribution in [0.1, 0.15) is 24.8 Å². The van der Waals surface area contributed by atoms with Crippen molar-refractivity contribution in [3.8, 4) is 6.07 Å². The predicted octanol–water partition coefficient (Wildman–Crippen LogP) is 0.837. The number of nitriles is 1. The summed E-state index contributed by atoms with van der Waals surface area (Å²) in [5.41, 5.74) is -0.202. The molecule has 0 bridgehead atoms. The Balaban J connectivity index is 1.85. The average Bonchev–Trinajstić information content (AvgIpc) is 2.42. The van der Waals surface area contributed by atoms with Gasteiger partial charge in [-0.1, -0.05) is 0 Å². The quantitative estimate of drug-likeness (QED) is 0.759. The van der Waals surface area contributed by atoms with Gasteiger partial charge in [0.2, 0.25) is 0 Å². The van der Waals surface area contributed by atoms with Gasteiger partial charge in [-0.25, -0.2) is 8.42 Å². The van der Waals surface area contributed by atoms with Crippen LogP contribution in [0.15, 0.2) is 29.2 Å². The zero-order valence-electron chi connectivity index (χ0n) is 11.2. The van der Waals surface area contributed by atoms with E-state index in [2.05, 4.69) is 5.32 Å². The standard InChI is InChI=1S/C14H18N2O3S/c15-10-12-2-4-13(5-3-12)20(18,19)9-8-16-11-14(17)6-1-7-14/h2-5,16-17H,1,6-9,11H2. The van der Waals surface area contributed by atoms with Crippen molar-refractivity contribution in [2.75, 3.05) is 18.8 Å². The van der Waals surface area contributed by atoms with Gasteiger partial charge in [-0.05, 0) is 43.5 Å². The van der Waals surface area contributed by atoms with E-state index in [4.69, 9.17) is 5.26 Å². The molecular formula is C14H18N2O3S. The van der Waals surface area contributed by atoms with Crippen LogP contribution < -0.4 is 5.32 Å². The molecule has 1 aliphatic carbocycles. The van der Waals surface area contributed by atoms with Crippen molar-refractivity contribution in [3.63, 3.8) is 0 Å². The molecule has 6 heteroatoms. The van der Waals surface area contributed by atoms with E-state index in [1.807, 2.05) is 6.07 Å². The molecule has 5 nitrogen and oxygen atoms in total. The number of nitrogens with zero attached hydrogens (tertiary/aromatic N) is 1. The number of hydrogen-bond donors (Lipinski definition) is 2. The summed E-state index contributed by atoms with van der Waals surface area (Å²) in [7, 11) is -3.35. The van der Waals surface area contributed by atoms with E-state index in [0.717, 1.165) is 19.3 Å². The van der Waals surface area contributed by atoms with Crippen molar-refractivity contribution in [1.29, 1.82) is 5.26 Å². The minimum Gasteiger partial charge on any atom is -0.389 e. The second-order valence-corrected chi connectivity index (χ2v) is 7.32. The number of sulfone groups is 1. The number of aliphatic hydroxyl groups is 1. The maximum Gasteiger partial charge on any atom is 0.179 e. The van der Waals surface area contributed by atoms with Gasteiger partial charge in [0.15, 0.2) is 9.84 Å². The Morgan fingerprint density at radius 3 is 2.45 bits per heavy atom. The third-order valence-electron chi connectivity index (χ3n) is 3.63. The van der Waals surface area contributed by atoms with Crippen LogP contribution in [0.2, 0.25) is 0 Å². The highest BCUT2D eigenvalue weighted by molar-refractivity contribution is 7.91. The molecule has 1 fully saturated rings. The predicted molar refractivity (Wildman–Crippen MR) is 74.9 cm³/mol. The minimum absolute atomic E-state index is 0.0189. The zero-order chi connectivity index (χ0) is 14.6. The molecule has 1 aliphatic rings. The maximum absolute atomic E-state index is 12.1. The van der Waals surface area contributed by atoms with Crippen molar-refractivity contribution < 1.29 is 13.5 Å². The van der Waals surface area contributed by atoms with Crippen molar-refractivity contribution >= 4 is 9.84 Å². The molecule has 0 spiro atoms. The number of rotatable bonds is 6. The summed E-state index contributed by atoms with van der Waals surface area (Å²) in [6.07, 6.45) is 2.59. The molecule has 1 saturated carbocycles. The molecule has 0 aliphatic heterocycles. The maximum atomic E-state index is 12.1. The summed E-state index contributed by atoms with van der Waals surface area (Å²) >= 11 is 0. The minimum atomic E-state index is -3.35. The highest BCUT2D eigenvalue weighted by Crippen LogP contribution is 2.30. The molecule has 0 atom stereocenters. The Morgan fingerprint density at radius 1 is 1.30 bits per heavy atom. The Kier molecular flexibility index (Phi) is 4.43. The lowest BCUT2D eigenvalue weighted by Gasteiger charge is -2.36. The Morgan fingerprint density at radius 2 is 1.95 bits per heavy atom. The Hall–Kier alpha value is -1.42. The fraction of sp³-hybridized carbons (Fsp3) is 0.500. The van der Waals surface area contributed by atoms with E-state index in [1.54, 1.807) is 0 Å². The average molecular weight is 294 g/mol. The summed E-state index contributed by atoms with van der Waals surface area (Å²) in [5.74, 6) is -0.0189. The van der Waals surface area contributed by atoms with Gasteiger partial charge < -0.3 is 10.4 Å². The zero-order valence-corrected chi connectivity index (χ0v) is 12.0. The fourth-order valence-electron chi connectivity index (χ4n) is 2.14. The van der Waals surface area contributed by atoms with E-state index in [0.29, 0.717) is 18.7 Å². The highest BCUT2D eigenvalue weighted by atomic mass is 32.2. The monoisotopic (exact) mass is 294 g/mol. The van der Waals surface area contributed by atoms with Crippen LogP contribution in [0.5, 0.6) is 0 Å². The van der Waals surface area contributed by atoms with E-state index >= 15 is 0 Å². The summed E-state index contributed by atoms with van der Waals surface area (Å²) in [6.45, 7) is 0.751. The highest BCUT2D eigenvalue weighted by Gasteiger charge is 2.33. The first-order valence-corrected chi connectivity index (χ1v) is 8.26. The SMILES string of the molecule is N#Cc1ccc(S(=O)(=O)CCNCC2(O)CCC2)cc1. The van der Waals surface area contributed by atoms with E-state index in [9.17, 15) is 13.5 Å². The second-order valence-electron chi connectivity index (χ2n) is 5.21. The molecule has 0 radical (unpaired) electrons. The summed E-state index contributed by atoms with van der Waals surface area (Å²) in [4.78, 5) is 0.223. The molecule has 2 rings (SSSR count). The third kappa shape index (κ3) is 3.57. The van der Waals surface area contributed by atoms with E-state index < -0.39 is 15.4 Å². The summed E-state index contributed by atoms with van der Waals surface area (Å²) in [6, 6.07) is 7.85. The van der Waals surface area contributed by atoms with Crippen LogP contribution in [-0.2, 0) is 9.84 Å². The van der Waals surface area contributed by atoms with Crippen LogP contribution in [0.25, 0.3) is 0 Å². The molecule has 20 heavy (non-hydrogen) atoms. The fourth-order valence-corrected chi connectivity index (χ4v) is 3.34. The summed E-state index contributed by atoms with van der Waals surface area (Å²) < 4.78 is 24.1. The van der Waals surface area contributed by atoms with Crippen LogP contribution in [-0.4, -0.2) is 38.0 Å². The summed E-state index contributed by atoms with van der Waals surface area (Å²) in [5, 5.41) is 21.5. The molecule has 1 aromatic carbocycles. The molecule has 0 aromatic heterocycles. The van der Waals surface area contributed by atoms with Crippen molar-refractivity contribution in [3.05, 3.63) is 29.8 Å². The largest absolute Gasteiger partial charge is 0.389 e. The van der Waals surface area contributed by atoms with E-state index in [1.165, 1.54) is 24.3 Å². The van der Waals surface area contributed by atoms with Crippen molar-refractivity contribution in [2.24, 2.45) is 0 Å². The van der Waals surface area contributed by atoms with Gasteiger partial charge >= 0.3 is 0 Å². The lowest BCUT2D eigenvalue weighted by atomic mass is 9.80. The van der Waals surface area contributed by atoms with Crippen LogP contribution >= 0.6 is 0 Å². The first kappa shape index (κ1) is 15.0. The molecule has 0 amide bonds. The van der Waals surface area contributed by atoms with Gasteiger partial charge in [-0.2, -0.15) is 5.26 Å². The molecular weight excluding hydrogens is 276 g/mol.